The summed E-state index contributed by atoms with van der Waals surface area (Å²) >= 11 is 0. The van der Waals surface area contributed by atoms with Gasteiger partial charge < -0.3 is 0 Å². The molecule has 1 aromatic heterocycles. The quantitative estimate of drug-likeness (QED) is 0.364. The molecule has 3 aromatic carbocycles. The van der Waals surface area contributed by atoms with Crippen LogP contribution in [0.1, 0.15) is 18.4 Å². The molecule has 4 aromatic rings. The number of hydrogen-bond donors (Lipinski definition) is 0. The van der Waals surface area contributed by atoms with Gasteiger partial charge in [0.15, 0.2) is 0 Å². The third kappa shape index (κ3) is 5.18. The minimum Gasteiger partial charge on any atom is -0.261 e. The van der Waals surface area contributed by atoms with E-state index in [0.29, 0.717) is 0 Å². The van der Waals surface area contributed by atoms with Crippen molar-refractivity contribution in [1.29, 1.82) is 0 Å². The van der Waals surface area contributed by atoms with Gasteiger partial charge in [0.05, 0.1) is 11.4 Å². The Balaban J connectivity index is 0.000000158. The molecule has 0 radical (unpaired) electrons. The predicted molar refractivity (Wildman–Crippen MR) is 126 cm³/mol. The van der Waals surface area contributed by atoms with Crippen molar-refractivity contribution in [2.45, 2.75) is 12.8 Å². The molecule has 0 aliphatic carbocycles. The first-order valence-electron chi connectivity index (χ1n) is 10.3. The number of pyridine rings is 1. The van der Waals surface area contributed by atoms with Gasteiger partial charge in [0.2, 0.25) is 0 Å². The van der Waals surface area contributed by atoms with Gasteiger partial charge in [-0.25, -0.2) is 4.98 Å². The standard InChI is InChI=1S/C17H13N.C11H11N/c1-3-8-14(9-4-1)16-12-7-13-17(18-16)15-10-5-2-6-11-15;1-2-6-10(7-3-1)11-8-4-5-9-12-11/h1-13H;1-3,5-7,9H,4,8H2. The first-order chi connectivity index (χ1) is 14.9. The molecule has 2 heterocycles. The van der Waals surface area contributed by atoms with Crippen LogP contribution in [0.15, 0.2) is 126 Å². The minimum atomic E-state index is 1.01. The van der Waals surface area contributed by atoms with Crippen molar-refractivity contribution in [2.24, 2.45) is 4.99 Å². The summed E-state index contributed by atoms with van der Waals surface area (Å²) in [5.41, 5.74) is 6.78. The van der Waals surface area contributed by atoms with E-state index in [1.165, 1.54) is 11.3 Å². The van der Waals surface area contributed by atoms with E-state index in [-0.39, 0.29) is 0 Å². The Morgan fingerprint density at radius 2 is 1.00 bits per heavy atom. The Hall–Kier alpha value is -3.78. The predicted octanol–water partition coefficient (Wildman–Crippen LogP) is 7.20. The van der Waals surface area contributed by atoms with Crippen LogP contribution in [-0.4, -0.2) is 10.7 Å². The highest BCUT2D eigenvalue weighted by molar-refractivity contribution is 6.01. The van der Waals surface area contributed by atoms with E-state index < -0.39 is 0 Å². The molecule has 1 aliphatic heterocycles. The molecule has 0 N–H and O–H groups in total. The number of nitrogens with zero attached hydrogens (tertiary/aromatic N) is 2. The maximum atomic E-state index is 4.71. The van der Waals surface area contributed by atoms with Gasteiger partial charge in [0.1, 0.15) is 0 Å². The Kier molecular flexibility index (Phi) is 6.59. The second kappa shape index (κ2) is 10.1. The van der Waals surface area contributed by atoms with E-state index in [1.54, 1.807) is 0 Å². The number of hydrogen-bond acceptors (Lipinski definition) is 2. The number of rotatable bonds is 3. The van der Waals surface area contributed by atoms with Crippen LogP contribution in [0.4, 0.5) is 0 Å². The first-order valence-corrected chi connectivity index (χ1v) is 10.3. The third-order valence-electron chi connectivity index (χ3n) is 4.88. The highest BCUT2D eigenvalue weighted by Gasteiger charge is 2.03. The molecular formula is C28H24N2. The summed E-state index contributed by atoms with van der Waals surface area (Å²) in [6.07, 6.45) is 6.19. The smallest absolute Gasteiger partial charge is 0.0709 e. The molecule has 5 rings (SSSR count). The van der Waals surface area contributed by atoms with Gasteiger partial charge in [0, 0.05) is 23.0 Å². The molecule has 0 atom stereocenters. The van der Waals surface area contributed by atoms with E-state index in [1.807, 2.05) is 60.8 Å². The average Bonchev–Trinajstić information content (AvgIpc) is 2.87. The van der Waals surface area contributed by atoms with Gasteiger partial charge in [0.25, 0.3) is 0 Å². The lowest BCUT2D eigenvalue weighted by Gasteiger charge is -2.06. The molecule has 0 bridgehead atoms. The topological polar surface area (TPSA) is 25.2 Å². The van der Waals surface area contributed by atoms with Gasteiger partial charge in [-0.2, -0.15) is 0 Å². The third-order valence-corrected chi connectivity index (χ3v) is 4.88. The Labute approximate surface area is 178 Å². The van der Waals surface area contributed by atoms with E-state index >= 15 is 0 Å². The fourth-order valence-electron chi connectivity index (χ4n) is 3.33. The monoisotopic (exact) mass is 388 g/mol. The number of aromatic nitrogens is 1. The fraction of sp³-hybridized carbons (Fsp3) is 0.0714. The van der Waals surface area contributed by atoms with Crippen LogP contribution < -0.4 is 0 Å². The lowest BCUT2D eigenvalue weighted by Crippen LogP contribution is -2.01. The van der Waals surface area contributed by atoms with E-state index in [0.717, 1.165) is 35.4 Å². The molecule has 2 heteroatoms. The van der Waals surface area contributed by atoms with Crippen molar-refractivity contribution in [3.63, 3.8) is 0 Å². The zero-order chi connectivity index (χ0) is 20.4. The zero-order valence-electron chi connectivity index (χ0n) is 16.9. The summed E-state index contributed by atoms with van der Waals surface area (Å²) in [4.78, 5) is 9.05. The summed E-state index contributed by atoms with van der Waals surface area (Å²) in [6, 6.07) is 37.0. The molecule has 0 amide bonds. The summed E-state index contributed by atoms with van der Waals surface area (Å²) in [5, 5.41) is 0. The number of benzene rings is 3. The van der Waals surface area contributed by atoms with Crippen molar-refractivity contribution >= 4 is 5.71 Å². The molecule has 0 spiro atoms. The zero-order valence-corrected chi connectivity index (χ0v) is 16.9. The normalized spacial score (nSPS) is 12.5. The molecule has 0 saturated heterocycles. The lowest BCUT2D eigenvalue weighted by atomic mass is 10.0. The maximum Gasteiger partial charge on any atom is 0.0709 e. The second-order valence-electron chi connectivity index (χ2n) is 7.01. The summed E-state index contributed by atoms with van der Waals surface area (Å²) in [6.45, 7) is 0. The minimum absolute atomic E-state index is 1.01. The summed E-state index contributed by atoms with van der Waals surface area (Å²) in [7, 11) is 0. The van der Waals surface area contributed by atoms with Crippen molar-refractivity contribution in [1.82, 2.24) is 4.98 Å². The van der Waals surface area contributed by atoms with Crippen LogP contribution in [0.3, 0.4) is 0 Å². The van der Waals surface area contributed by atoms with Crippen molar-refractivity contribution in [2.75, 3.05) is 0 Å². The van der Waals surface area contributed by atoms with E-state index in [4.69, 9.17) is 4.98 Å². The molecule has 30 heavy (non-hydrogen) atoms. The Morgan fingerprint density at radius 3 is 1.47 bits per heavy atom. The lowest BCUT2D eigenvalue weighted by molar-refractivity contribution is 1.06. The van der Waals surface area contributed by atoms with Crippen molar-refractivity contribution in [3.05, 3.63) is 127 Å². The molecule has 146 valence electrons. The van der Waals surface area contributed by atoms with Gasteiger partial charge in [-0.05, 0) is 30.5 Å². The molecule has 0 saturated carbocycles. The summed E-state index contributed by atoms with van der Waals surface area (Å²) in [5.74, 6) is 0. The van der Waals surface area contributed by atoms with Gasteiger partial charge in [-0.1, -0.05) is 103 Å². The van der Waals surface area contributed by atoms with Gasteiger partial charge >= 0.3 is 0 Å². The van der Waals surface area contributed by atoms with Crippen molar-refractivity contribution in [3.8, 4) is 22.5 Å². The van der Waals surface area contributed by atoms with Gasteiger partial charge in [-0.3, -0.25) is 4.99 Å². The van der Waals surface area contributed by atoms with Crippen LogP contribution in [0.5, 0.6) is 0 Å². The van der Waals surface area contributed by atoms with Gasteiger partial charge in [-0.15, -0.1) is 0 Å². The van der Waals surface area contributed by atoms with Crippen LogP contribution in [0.2, 0.25) is 0 Å². The molecule has 0 unspecified atom stereocenters. The SMILES string of the molecule is C1=CN=C(c2ccccc2)CC1.c1ccc(-c2cccc(-c3ccccc3)n2)cc1. The Morgan fingerprint density at radius 1 is 0.500 bits per heavy atom. The molecule has 1 aliphatic rings. The maximum absolute atomic E-state index is 4.71. The fourth-order valence-corrected chi connectivity index (χ4v) is 3.33. The van der Waals surface area contributed by atoms with Crippen LogP contribution in [0.25, 0.3) is 22.5 Å². The van der Waals surface area contributed by atoms with Crippen LogP contribution in [0, 0.1) is 0 Å². The molecule has 2 nitrogen and oxygen atoms in total. The molecule has 0 fully saturated rings. The average molecular weight is 389 g/mol. The highest BCUT2D eigenvalue weighted by atomic mass is 14.7. The number of aliphatic imine (C=N–C) groups is 1. The largest absolute Gasteiger partial charge is 0.261 e. The molecular weight excluding hydrogens is 364 g/mol. The van der Waals surface area contributed by atoms with E-state index in [2.05, 4.69) is 65.7 Å². The van der Waals surface area contributed by atoms with E-state index in [9.17, 15) is 0 Å². The van der Waals surface area contributed by atoms with Crippen LogP contribution >= 0.6 is 0 Å². The Bertz CT molecular complexity index is 1060. The van der Waals surface area contributed by atoms with Crippen molar-refractivity contribution < 1.29 is 0 Å². The van der Waals surface area contributed by atoms with Crippen LogP contribution in [-0.2, 0) is 0 Å². The number of allylic oxidation sites excluding steroid dienone is 1. The first kappa shape index (κ1) is 19.5. The second-order valence-corrected chi connectivity index (χ2v) is 7.01. The summed E-state index contributed by atoms with van der Waals surface area (Å²) < 4.78 is 0. The highest BCUT2D eigenvalue weighted by Crippen LogP contribution is 2.22.